The summed E-state index contributed by atoms with van der Waals surface area (Å²) in [4.78, 5) is 42.0. The van der Waals surface area contributed by atoms with E-state index in [1.54, 1.807) is 18.7 Å². The molecule has 0 bridgehead atoms. The van der Waals surface area contributed by atoms with Crippen LogP contribution in [0.2, 0.25) is 0 Å². The van der Waals surface area contributed by atoms with Gasteiger partial charge in [0.1, 0.15) is 0 Å². The lowest BCUT2D eigenvalue weighted by Crippen LogP contribution is -2.48. The lowest BCUT2D eigenvalue weighted by atomic mass is 10.1. The maximum Gasteiger partial charge on any atom is 0.253 e. The van der Waals surface area contributed by atoms with Crippen molar-refractivity contribution in [2.45, 2.75) is 20.3 Å². The Bertz CT molecular complexity index is 960. The summed E-state index contributed by atoms with van der Waals surface area (Å²) in [5.41, 5.74) is 4.46. The van der Waals surface area contributed by atoms with E-state index in [-0.39, 0.29) is 17.6 Å². The normalized spacial score (nSPS) is 16.0. The fourth-order valence-corrected chi connectivity index (χ4v) is 4.12. The number of anilines is 2. The maximum absolute atomic E-state index is 13.0. The number of piperazine rings is 1. The molecule has 4 rings (SSSR count). The molecule has 2 aromatic carbocycles. The van der Waals surface area contributed by atoms with Crippen molar-refractivity contribution in [2.24, 2.45) is 0 Å². The van der Waals surface area contributed by atoms with Crippen molar-refractivity contribution < 1.29 is 14.4 Å². The molecule has 0 spiro atoms. The summed E-state index contributed by atoms with van der Waals surface area (Å²) < 4.78 is 0. The average molecular weight is 391 g/mol. The van der Waals surface area contributed by atoms with E-state index in [1.165, 1.54) is 0 Å². The van der Waals surface area contributed by atoms with Crippen molar-refractivity contribution in [3.05, 3.63) is 59.2 Å². The molecule has 0 N–H and O–H groups in total. The Morgan fingerprint density at radius 1 is 0.793 bits per heavy atom. The minimum Gasteiger partial charge on any atom is -0.368 e. The first-order chi connectivity index (χ1) is 13.9. The summed E-state index contributed by atoms with van der Waals surface area (Å²) in [6, 6.07) is 13.3. The Kier molecular flexibility index (Phi) is 5.09. The van der Waals surface area contributed by atoms with Gasteiger partial charge in [-0.3, -0.25) is 14.4 Å². The summed E-state index contributed by atoms with van der Waals surface area (Å²) in [6.45, 7) is 6.65. The van der Waals surface area contributed by atoms with Crippen LogP contribution in [0, 0.1) is 0 Å². The van der Waals surface area contributed by atoms with Crippen molar-refractivity contribution in [3.63, 3.8) is 0 Å². The van der Waals surface area contributed by atoms with Crippen LogP contribution in [-0.4, -0.2) is 55.2 Å². The minimum atomic E-state index is 0.0373. The second kappa shape index (κ2) is 7.70. The molecule has 2 aliphatic heterocycles. The number of carbonyl (C=O) groups excluding carboxylic acids is 3. The van der Waals surface area contributed by atoms with Crippen LogP contribution in [0.25, 0.3) is 0 Å². The smallest absolute Gasteiger partial charge is 0.253 e. The molecule has 6 heteroatoms. The monoisotopic (exact) mass is 391 g/mol. The predicted molar refractivity (Wildman–Crippen MR) is 113 cm³/mol. The van der Waals surface area contributed by atoms with E-state index in [4.69, 9.17) is 0 Å². The predicted octanol–water partition coefficient (Wildman–Crippen LogP) is 2.76. The molecular weight excluding hydrogens is 366 g/mol. The van der Waals surface area contributed by atoms with Crippen molar-refractivity contribution in [1.82, 2.24) is 4.90 Å². The third-order valence-electron chi connectivity index (χ3n) is 5.81. The third-order valence-corrected chi connectivity index (χ3v) is 5.81. The van der Waals surface area contributed by atoms with Gasteiger partial charge in [0.25, 0.3) is 5.91 Å². The largest absolute Gasteiger partial charge is 0.368 e. The van der Waals surface area contributed by atoms with Gasteiger partial charge in [-0.25, -0.2) is 0 Å². The van der Waals surface area contributed by atoms with Gasteiger partial charge in [0.2, 0.25) is 5.91 Å². The Morgan fingerprint density at radius 3 is 2.07 bits per heavy atom. The Labute approximate surface area is 170 Å². The molecule has 1 fully saturated rings. The zero-order chi connectivity index (χ0) is 20.5. The van der Waals surface area contributed by atoms with Crippen LogP contribution in [0.4, 0.5) is 11.4 Å². The minimum absolute atomic E-state index is 0.0373. The summed E-state index contributed by atoms with van der Waals surface area (Å²) in [5, 5.41) is 0. The van der Waals surface area contributed by atoms with Crippen LogP contribution in [-0.2, 0) is 11.2 Å². The van der Waals surface area contributed by atoms with Gasteiger partial charge >= 0.3 is 0 Å². The van der Waals surface area contributed by atoms with Gasteiger partial charge in [0.15, 0.2) is 5.78 Å². The fraction of sp³-hybridized carbons (Fsp3) is 0.348. The van der Waals surface area contributed by atoms with E-state index in [1.807, 2.05) is 47.4 Å². The molecule has 2 aliphatic rings. The van der Waals surface area contributed by atoms with E-state index in [9.17, 15) is 14.4 Å². The number of hydrogen-bond donors (Lipinski definition) is 0. The molecular formula is C23H25N3O3. The Morgan fingerprint density at radius 2 is 1.45 bits per heavy atom. The number of fused-ring (bicyclic) bond motifs is 1. The zero-order valence-corrected chi connectivity index (χ0v) is 16.9. The molecule has 0 aliphatic carbocycles. The van der Waals surface area contributed by atoms with Gasteiger partial charge in [0.05, 0.1) is 0 Å². The number of Topliss-reactive ketones (excluding diaryl/α,β-unsaturated/α-hetero) is 1. The second-order valence-electron chi connectivity index (χ2n) is 7.65. The van der Waals surface area contributed by atoms with Gasteiger partial charge in [0, 0.05) is 62.1 Å². The number of carbonyl (C=O) groups is 3. The lowest BCUT2D eigenvalue weighted by molar-refractivity contribution is -0.116. The van der Waals surface area contributed by atoms with Crippen LogP contribution in [0.15, 0.2) is 42.5 Å². The summed E-state index contributed by atoms with van der Waals surface area (Å²) >= 11 is 0. The standard InChI is InChI=1S/C23H25N3O3/c1-16(27)18-3-6-21(7-4-18)24-11-13-25(14-12-24)23(29)20-5-8-22-19(15-20)9-10-26(22)17(2)28/h3-8,15H,9-14H2,1-2H3. The van der Waals surface area contributed by atoms with E-state index >= 15 is 0 Å². The Balaban J connectivity index is 1.40. The molecule has 6 nitrogen and oxygen atoms in total. The molecule has 1 saturated heterocycles. The Hall–Kier alpha value is -3.15. The number of benzene rings is 2. The molecule has 0 atom stereocenters. The van der Waals surface area contributed by atoms with Crippen LogP contribution in [0.3, 0.4) is 0 Å². The second-order valence-corrected chi connectivity index (χ2v) is 7.65. The first-order valence-electron chi connectivity index (χ1n) is 10.0. The van der Waals surface area contributed by atoms with E-state index in [2.05, 4.69) is 4.90 Å². The molecule has 0 radical (unpaired) electrons. The van der Waals surface area contributed by atoms with Crippen LogP contribution in [0.1, 0.15) is 40.1 Å². The SMILES string of the molecule is CC(=O)c1ccc(N2CCN(C(=O)c3ccc4c(c3)CCN4C(C)=O)CC2)cc1. The molecule has 29 heavy (non-hydrogen) atoms. The number of hydrogen-bond acceptors (Lipinski definition) is 4. The summed E-state index contributed by atoms with van der Waals surface area (Å²) in [5.74, 6) is 0.142. The molecule has 0 unspecified atom stereocenters. The fourth-order valence-electron chi connectivity index (χ4n) is 4.12. The highest BCUT2D eigenvalue weighted by Crippen LogP contribution is 2.29. The number of amides is 2. The van der Waals surface area contributed by atoms with Crippen LogP contribution >= 0.6 is 0 Å². The number of ketones is 1. The lowest BCUT2D eigenvalue weighted by Gasteiger charge is -2.36. The van der Waals surface area contributed by atoms with Crippen molar-refractivity contribution in [1.29, 1.82) is 0 Å². The summed E-state index contributed by atoms with van der Waals surface area (Å²) in [7, 11) is 0. The van der Waals surface area contributed by atoms with Crippen LogP contribution < -0.4 is 9.80 Å². The number of nitrogens with zero attached hydrogens (tertiary/aromatic N) is 3. The van der Waals surface area contributed by atoms with Gasteiger partial charge in [-0.2, -0.15) is 0 Å². The van der Waals surface area contributed by atoms with E-state index in [0.29, 0.717) is 30.8 Å². The van der Waals surface area contributed by atoms with Crippen molar-refractivity contribution in [3.8, 4) is 0 Å². The van der Waals surface area contributed by atoms with Gasteiger partial charge in [-0.05, 0) is 61.4 Å². The highest BCUT2D eigenvalue weighted by Gasteiger charge is 2.26. The molecule has 2 amide bonds. The van der Waals surface area contributed by atoms with Crippen molar-refractivity contribution >= 4 is 29.0 Å². The van der Waals surface area contributed by atoms with Crippen LogP contribution in [0.5, 0.6) is 0 Å². The van der Waals surface area contributed by atoms with Gasteiger partial charge < -0.3 is 14.7 Å². The van der Waals surface area contributed by atoms with Crippen molar-refractivity contribution in [2.75, 3.05) is 42.5 Å². The van der Waals surface area contributed by atoms with Gasteiger partial charge in [-0.1, -0.05) is 0 Å². The zero-order valence-electron chi connectivity index (χ0n) is 16.9. The van der Waals surface area contributed by atoms with E-state index < -0.39 is 0 Å². The highest BCUT2D eigenvalue weighted by atomic mass is 16.2. The molecule has 2 heterocycles. The maximum atomic E-state index is 13.0. The number of rotatable bonds is 3. The first-order valence-corrected chi connectivity index (χ1v) is 10.0. The molecule has 2 aromatic rings. The molecule has 0 saturated carbocycles. The highest BCUT2D eigenvalue weighted by molar-refractivity contribution is 5.98. The molecule has 150 valence electrons. The average Bonchev–Trinajstić information content (AvgIpc) is 3.17. The topological polar surface area (TPSA) is 60.9 Å². The molecule has 0 aromatic heterocycles. The first kappa shape index (κ1) is 19.2. The third kappa shape index (κ3) is 3.75. The summed E-state index contributed by atoms with van der Waals surface area (Å²) in [6.07, 6.45) is 0.792. The van der Waals surface area contributed by atoms with Gasteiger partial charge in [-0.15, -0.1) is 0 Å². The van der Waals surface area contributed by atoms with E-state index in [0.717, 1.165) is 36.4 Å². The quantitative estimate of drug-likeness (QED) is 0.755.